The molecule has 1 saturated heterocycles. The van der Waals surface area contributed by atoms with Gasteiger partial charge in [-0.05, 0) is 48.9 Å². The van der Waals surface area contributed by atoms with Crippen molar-refractivity contribution >= 4 is 33.4 Å². The van der Waals surface area contributed by atoms with Gasteiger partial charge in [-0.15, -0.1) is 0 Å². The number of esters is 1. The number of nitrogens with one attached hydrogen (secondary N) is 2. The molecule has 0 spiro atoms. The van der Waals surface area contributed by atoms with E-state index in [1.807, 2.05) is 0 Å². The van der Waals surface area contributed by atoms with Crippen molar-refractivity contribution in [2.24, 2.45) is 5.92 Å². The van der Waals surface area contributed by atoms with Crippen molar-refractivity contribution < 1.29 is 27.5 Å². The number of hydrogen-bond donors (Lipinski definition) is 2. The molecule has 2 aromatic rings. The minimum atomic E-state index is -4.00. The van der Waals surface area contributed by atoms with Gasteiger partial charge < -0.3 is 20.1 Å². The Labute approximate surface area is 185 Å². The molecule has 2 N–H and O–H groups in total. The van der Waals surface area contributed by atoms with Crippen LogP contribution in [0.4, 0.5) is 4.79 Å². The van der Waals surface area contributed by atoms with Crippen molar-refractivity contribution in [1.29, 1.82) is 0 Å². The van der Waals surface area contributed by atoms with E-state index >= 15 is 0 Å². The van der Waals surface area contributed by atoms with Gasteiger partial charge in [-0.2, -0.15) is 0 Å². The highest BCUT2D eigenvalue weighted by molar-refractivity contribution is 7.94. The normalized spacial score (nSPS) is 20.0. The number of amides is 2. The second kappa shape index (κ2) is 9.40. The standard InChI is InChI=1S/C21H21ClN2O6S/c1-3-30-20(25)18-17(12-31(27,28)16-9-7-14(22)8-10-16)23-21(26)24-19(18)13-5-4-6-15(11-13)29-2/h4-12,18-19H,3H2,1-2H3,(H2,23,24,26)/b17-12+/t18-,19-/m1/s1. The van der Waals surface area contributed by atoms with Gasteiger partial charge in [0.1, 0.15) is 11.7 Å². The first-order chi connectivity index (χ1) is 14.7. The van der Waals surface area contributed by atoms with Gasteiger partial charge in [-0.25, -0.2) is 13.2 Å². The van der Waals surface area contributed by atoms with Crippen LogP contribution in [-0.4, -0.2) is 34.1 Å². The van der Waals surface area contributed by atoms with Gasteiger partial charge in [0.2, 0.25) is 9.84 Å². The fourth-order valence-electron chi connectivity index (χ4n) is 3.22. The maximum Gasteiger partial charge on any atom is 0.319 e. The Hall–Kier alpha value is -3.04. The van der Waals surface area contributed by atoms with Crippen molar-refractivity contribution in [2.45, 2.75) is 17.9 Å². The third-order valence-corrected chi connectivity index (χ3v) is 6.38. The first kappa shape index (κ1) is 22.6. The van der Waals surface area contributed by atoms with Crippen molar-refractivity contribution in [3.8, 4) is 5.75 Å². The zero-order valence-electron chi connectivity index (χ0n) is 16.8. The van der Waals surface area contributed by atoms with Gasteiger partial charge in [0, 0.05) is 10.7 Å². The van der Waals surface area contributed by atoms with Gasteiger partial charge >= 0.3 is 12.0 Å². The molecule has 31 heavy (non-hydrogen) atoms. The molecule has 164 valence electrons. The van der Waals surface area contributed by atoms with Gasteiger partial charge in [-0.3, -0.25) is 4.79 Å². The Balaban J connectivity index is 2.10. The van der Waals surface area contributed by atoms with Crippen molar-refractivity contribution in [1.82, 2.24) is 10.6 Å². The van der Waals surface area contributed by atoms with E-state index in [1.165, 1.54) is 31.4 Å². The van der Waals surface area contributed by atoms with E-state index in [4.69, 9.17) is 21.1 Å². The van der Waals surface area contributed by atoms with Crippen LogP contribution < -0.4 is 15.4 Å². The number of urea groups is 1. The molecule has 3 rings (SSSR count). The fraction of sp³-hybridized carbons (Fsp3) is 0.238. The van der Waals surface area contributed by atoms with Crippen LogP contribution in [0.2, 0.25) is 5.02 Å². The van der Waals surface area contributed by atoms with E-state index in [0.29, 0.717) is 16.3 Å². The van der Waals surface area contributed by atoms with E-state index in [0.717, 1.165) is 5.41 Å². The molecule has 0 radical (unpaired) electrons. The number of carbonyl (C=O) groups is 2. The van der Waals surface area contributed by atoms with E-state index in [9.17, 15) is 18.0 Å². The zero-order chi connectivity index (χ0) is 22.6. The Morgan fingerprint density at radius 1 is 1.19 bits per heavy atom. The van der Waals surface area contributed by atoms with Gasteiger partial charge in [-0.1, -0.05) is 23.7 Å². The second-order valence-corrected chi connectivity index (χ2v) is 8.89. The van der Waals surface area contributed by atoms with Crippen LogP contribution in [0.25, 0.3) is 0 Å². The predicted octanol–water partition coefficient (Wildman–Crippen LogP) is 3.20. The molecule has 8 nitrogen and oxygen atoms in total. The van der Waals surface area contributed by atoms with E-state index in [-0.39, 0.29) is 17.2 Å². The van der Waals surface area contributed by atoms with Crippen LogP contribution >= 0.6 is 11.6 Å². The number of methoxy groups -OCH3 is 1. The van der Waals surface area contributed by atoms with Crippen LogP contribution in [0.5, 0.6) is 5.75 Å². The molecule has 2 atom stereocenters. The Bertz CT molecular complexity index is 1110. The summed E-state index contributed by atoms with van der Waals surface area (Å²) in [5.74, 6) is -1.28. The molecule has 1 aliphatic rings. The largest absolute Gasteiger partial charge is 0.497 e. The summed E-state index contributed by atoms with van der Waals surface area (Å²) >= 11 is 5.84. The van der Waals surface area contributed by atoms with Crippen LogP contribution in [0.15, 0.2) is 64.5 Å². The lowest BCUT2D eigenvalue weighted by atomic mass is 9.89. The van der Waals surface area contributed by atoms with Crippen LogP contribution in [0.1, 0.15) is 18.5 Å². The molecule has 0 saturated carbocycles. The predicted molar refractivity (Wildman–Crippen MR) is 114 cm³/mol. The van der Waals surface area contributed by atoms with Crippen LogP contribution in [0, 0.1) is 5.92 Å². The maximum atomic E-state index is 12.9. The van der Waals surface area contributed by atoms with E-state index in [1.54, 1.807) is 31.2 Å². The number of halogens is 1. The number of carbonyl (C=O) groups excluding carboxylic acids is 2. The van der Waals surface area contributed by atoms with Gasteiger partial charge in [0.25, 0.3) is 0 Å². The summed E-state index contributed by atoms with van der Waals surface area (Å²) in [7, 11) is -2.50. The summed E-state index contributed by atoms with van der Waals surface area (Å²) in [6.07, 6.45) is 0. The molecule has 0 aromatic heterocycles. The van der Waals surface area contributed by atoms with E-state index in [2.05, 4.69) is 10.6 Å². The lowest BCUT2D eigenvalue weighted by Gasteiger charge is -2.33. The molecule has 2 amide bonds. The first-order valence-electron chi connectivity index (χ1n) is 9.35. The van der Waals surface area contributed by atoms with E-state index < -0.39 is 33.8 Å². The highest BCUT2D eigenvalue weighted by atomic mass is 35.5. The van der Waals surface area contributed by atoms with Crippen molar-refractivity contribution in [2.75, 3.05) is 13.7 Å². The molecule has 0 unspecified atom stereocenters. The minimum Gasteiger partial charge on any atom is -0.497 e. The highest BCUT2D eigenvalue weighted by Crippen LogP contribution is 2.33. The molecule has 0 bridgehead atoms. The van der Waals surface area contributed by atoms with Crippen LogP contribution in [-0.2, 0) is 19.4 Å². The fourth-order valence-corrected chi connectivity index (χ4v) is 4.53. The molecule has 1 heterocycles. The SMILES string of the molecule is CCOC(=O)[C@@H]1/C(=C\S(=O)(=O)c2ccc(Cl)cc2)NC(=O)N[C@@H]1c1cccc(OC)c1. The van der Waals surface area contributed by atoms with Gasteiger partial charge in [0.05, 0.1) is 30.1 Å². The smallest absolute Gasteiger partial charge is 0.319 e. The van der Waals surface area contributed by atoms with Crippen molar-refractivity contribution in [3.63, 3.8) is 0 Å². The molecule has 10 heteroatoms. The Morgan fingerprint density at radius 3 is 2.55 bits per heavy atom. The lowest BCUT2D eigenvalue weighted by molar-refractivity contribution is -0.147. The monoisotopic (exact) mass is 464 g/mol. The second-order valence-electron chi connectivity index (χ2n) is 6.65. The molecular formula is C21H21ClN2O6S. The average Bonchev–Trinajstić information content (AvgIpc) is 2.73. The number of ether oxygens (including phenoxy) is 2. The molecular weight excluding hydrogens is 444 g/mol. The topological polar surface area (TPSA) is 111 Å². The quantitative estimate of drug-likeness (QED) is 0.635. The maximum absolute atomic E-state index is 12.9. The lowest BCUT2D eigenvalue weighted by Crippen LogP contribution is -2.51. The molecule has 1 aliphatic heterocycles. The summed E-state index contributed by atoms with van der Waals surface area (Å²) in [5, 5.41) is 6.38. The number of hydrogen-bond acceptors (Lipinski definition) is 6. The summed E-state index contributed by atoms with van der Waals surface area (Å²) in [6.45, 7) is 1.73. The summed E-state index contributed by atoms with van der Waals surface area (Å²) in [5.41, 5.74) is 0.465. The third kappa shape index (κ3) is 5.18. The zero-order valence-corrected chi connectivity index (χ0v) is 18.4. The number of sulfone groups is 1. The van der Waals surface area contributed by atoms with Crippen LogP contribution in [0.3, 0.4) is 0 Å². The Morgan fingerprint density at radius 2 is 1.90 bits per heavy atom. The van der Waals surface area contributed by atoms with Crippen molar-refractivity contribution in [3.05, 3.63) is 70.2 Å². The highest BCUT2D eigenvalue weighted by Gasteiger charge is 2.40. The van der Waals surface area contributed by atoms with Gasteiger partial charge in [0.15, 0.2) is 0 Å². The molecule has 0 aliphatic carbocycles. The number of rotatable bonds is 6. The summed E-state index contributed by atoms with van der Waals surface area (Å²) in [4.78, 5) is 25.1. The average molecular weight is 465 g/mol. The third-order valence-electron chi connectivity index (χ3n) is 4.63. The minimum absolute atomic E-state index is 0.0299. The summed E-state index contributed by atoms with van der Waals surface area (Å²) in [6, 6.07) is 10.8. The molecule has 2 aromatic carbocycles. The molecule has 1 fully saturated rings. The number of benzene rings is 2. The summed E-state index contributed by atoms with van der Waals surface area (Å²) < 4.78 is 36.3. The Kier molecular flexibility index (Phi) is 6.87. The first-order valence-corrected chi connectivity index (χ1v) is 11.3.